The van der Waals surface area contributed by atoms with E-state index in [2.05, 4.69) is 23.1 Å². The van der Waals surface area contributed by atoms with Gasteiger partial charge in [0.1, 0.15) is 0 Å². The lowest BCUT2D eigenvalue weighted by Crippen LogP contribution is -2.37. The van der Waals surface area contributed by atoms with Gasteiger partial charge in [-0.1, -0.05) is 18.2 Å². The Balaban J connectivity index is 1.69. The third-order valence-electron chi connectivity index (χ3n) is 4.98. The van der Waals surface area contributed by atoms with Crippen molar-refractivity contribution in [1.29, 1.82) is 0 Å². The predicted octanol–water partition coefficient (Wildman–Crippen LogP) is 3.03. The lowest BCUT2D eigenvalue weighted by Gasteiger charge is -2.24. The summed E-state index contributed by atoms with van der Waals surface area (Å²) >= 11 is 0. The molecular formula is C21H26N2O3. The topological polar surface area (TPSA) is 42.0 Å². The van der Waals surface area contributed by atoms with Gasteiger partial charge in [0, 0.05) is 25.8 Å². The number of hydrogen-bond acceptors (Lipinski definition) is 4. The van der Waals surface area contributed by atoms with E-state index in [4.69, 9.17) is 9.47 Å². The van der Waals surface area contributed by atoms with Gasteiger partial charge in [0.05, 0.1) is 20.8 Å². The molecule has 0 radical (unpaired) electrons. The first-order valence-corrected chi connectivity index (χ1v) is 8.81. The van der Waals surface area contributed by atoms with Crippen molar-refractivity contribution in [2.24, 2.45) is 0 Å². The molecule has 0 aliphatic carbocycles. The molecule has 5 nitrogen and oxygen atoms in total. The molecule has 0 bridgehead atoms. The van der Waals surface area contributed by atoms with Crippen LogP contribution < -0.4 is 14.4 Å². The van der Waals surface area contributed by atoms with E-state index in [0.717, 1.165) is 24.1 Å². The molecule has 1 heterocycles. The Hall–Kier alpha value is -2.69. The van der Waals surface area contributed by atoms with Crippen LogP contribution in [-0.2, 0) is 17.8 Å². The highest BCUT2D eigenvalue weighted by molar-refractivity contribution is 5.82. The van der Waals surface area contributed by atoms with Gasteiger partial charge in [-0.05, 0) is 48.2 Å². The second kappa shape index (κ2) is 7.68. The lowest BCUT2D eigenvalue weighted by atomic mass is 10.1. The maximum absolute atomic E-state index is 12.7. The maximum Gasteiger partial charge on any atom is 0.242 e. The third kappa shape index (κ3) is 3.62. The summed E-state index contributed by atoms with van der Waals surface area (Å²) in [5.41, 5.74) is 4.63. The highest BCUT2D eigenvalue weighted by Crippen LogP contribution is 2.31. The standard InChI is InChI=1S/C21H26N2O3/c1-15-11-19(25-3)20(26-4)12-17(15)13-22(2)21(24)14-23-10-9-16-7-5-6-8-18(16)23/h5-8,11-12H,9-10,13-14H2,1-4H3. The number of nitrogens with zero attached hydrogens (tertiary/aromatic N) is 2. The van der Waals surface area contributed by atoms with Crippen LogP contribution in [0.2, 0.25) is 0 Å². The summed E-state index contributed by atoms with van der Waals surface area (Å²) in [6.45, 7) is 3.86. The smallest absolute Gasteiger partial charge is 0.242 e. The van der Waals surface area contributed by atoms with Crippen molar-refractivity contribution in [3.63, 3.8) is 0 Å². The van der Waals surface area contributed by atoms with E-state index in [0.29, 0.717) is 24.6 Å². The first-order valence-electron chi connectivity index (χ1n) is 8.81. The van der Waals surface area contributed by atoms with E-state index >= 15 is 0 Å². The van der Waals surface area contributed by atoms with Crippen LogP contribution in [0, 0.1) is 6.92 Å². The summed E-state index contributed by atoms with van der Waals surface area (Å²) in [5, 5.41) is 0. The van der Waals surface area contributed by atoms with Crippen LogP contribution in [0.5, 0.6) is 11.5 Å². The average molecular weight is 354 g/mol. The molecule has 2 aromatic carbocycles. The number of methoxy groups -OCH3 is 2. The normalized spacial score (nSPS) is 12.7. The number of aryl methyl sites for hydroxylation is 1. The Morgan fingerprint density at radius 2 is 1.85 bits per heavy atom. The van der Waals surface area contributed by atoms with Crippen molar-refractivity contribution in [1.82, 2.24) is 4.90 Å². The Kier molecular flexibility index (Phi) is 5.35. The van der Waals surface area contributed by atoms with E-state index < -0.39 is 0 Å². The highest BCUT2D eigenvalue weighted by Gasteiger charge is 2.22. The monoisotopic (exact) mass is 354 g/mol. The first-order chi connectivity index (χ1) is 12.5. The van der Waals surface area contributed by atoms with Crippen LogP contribution in [0.3, 0.4) is 0 Å². The zero-order valence-corrected chi connectivity index (χ0v) is 15.9. The molecule has 5 heteroatoms. The number of rotatable bonds is 6. The average Bonchev–Trinajstić information content (AvgIpc) is 3.05. The molecular weight excluding hydrogens is 328 g/mol. The van der Waals surface area contributed by atoms with Crippen LogP contribution in [0.25, 0.3) is 0 Å². The number of carbonyl (C=O) groups is 1. The van der Waals surface area contributed by atoms with Crippen LogP contribution in [0.15, 0.2) is 36.4 Å². The Bertz CT molecular complexity index is 804. The Morgan fingerprint density at radius 1 is 1.15 bits per heavy atom. The summed E-state index contributed by atoms with van der Waals surface area (Å²) in [7, 11) is 5.09. The molecule has 0 fully saturated rings. The minimum absolute atomic E-state index is 0.107. The predicted molar refractivity (Wildman–Crippen MR) is 103 cm³/mol. The summed E-state index contributed by atoms with van der Waals surface area (Å²) < 4.78 is 10.7. The van der Waals surface area contributed by atoms with Gasteiger partial charge in [0.25, 0.3) is 0 Å². The molecule has 3 rings (SSSR count). The minimum Gasteiger partial charge on any atom is -0.493 e. The first kappa shape index (κ1) is 18.1. The fourth-order valence-corrected chi connectivity index (χ4v) is 3.39. The van der Waals surface area contributed by atoms with Gasteiger partial charge < -0.3 is 19.3 Å². The summed E-state index contributed by atoms with van der Waals surface area (Å²) in [6.07, 6.45) is 1.00. The molecule has 0 N–H and O–H groups in total. The molecule has 0 saturated heterocycles. The molecule has 26 heavy (non-hydrogen) atoms. The fourth-order valence-electron chi connectivity index (χ4n) is 3.39. The summed E-state index contributed by atoms with van der Waals surface area (Å²) in [6, 6.07) is 12.2. The van der Waals surface area contributed by atoms with E-state index in [1.807, 2.05) is 32.2 Å². The number of fused-ring (bicyclic) bond motifs is 1. The molecule has 1 aliphatic rings. The largest absolute Gasteiger partial charge is 0.493 e. The zero-order chi connectivity index (χ0) is 18.7. The number of likely N-dealkylation sites (N-methyl/N-ethyl adjacent to an activating group) is 1. The number of carbonyl (C=O) groups excluding carboxylic acids is 1. The van der Waals surface area contributed by atoms with Gasteiger partial charge in [-0.15, -0.1) is 0 Å². The van der Waals surface area contributed by atoms with E-state index in [-0.39, 0.29) is 5.91 Å². The lowest BCUT2D eigenvalue weighted by molar-refractivity contribution is -0.128. The molecule has 0 unspecified atom stereocenters. The number of ether oxygens (including phenoxy) is 2. The second-order valence-corrected chi connectivity index (χ2v) is 6.68. The molecule has 138 valence electrons. The van der Waals surface area contributed by atoms with Crippen LogP contribution >= 0.6 is 0 Å². The number of hydrogen-bond donors (Lipinski definition) is 0. The van der Waals surface area contributed by atoms with Gasteiger partial charge in [0.15, 0.2) is 11.5 Å². The fraction of sp³-hybridized carbons (Fsp3) is 0.381. The second-order valence-electron chi connectivity index (χ2n) is 6.68. The molecule has 0 saturated carbocycles. The summed E-state index contributed by atoms with van der Waals surface area (Å²) in [4.78, 5) is 16.7. The Morgan fingerprint density at radius 3 is 2.58 bits per heavy atom. The molecule has 0 spiro atoms. The molecule has 2 aromatic rings. The van der Waals surface area contributed by atoms with E-state index in [9.17, 15) is 4.79 Å². The zero-order valence-electron chi connectivity index (χ0n) is 15.9. The van der Waals surface area contributed by atoms with Crippen molar-refractivity contribution >= 4 is 11.6 Å². The van der Waals surface area contributed by atoms with Gasteiger partial charge >= 0.3 is 0 Å². The SMILES string of the molecule is COc1cc(C)c(CN(C)C(=O)CN2CCc3ccccc32)cc1OC. The van der Waals surface area contributed by atoms with Crippen LogP contribution in [0.4, 0.5) is 5.69 Å². The molecule has 1 aliphatic heterocycles. The Labute approximate surface area is 155 Å². The van der Waals surface area contributed by atoms with Gasteiger partial charge in [0.2, 0.25) is 5.91 Å². The van der Waals surface area contributed by atoms with E-state index in [1.54, 1.807) is 19.1 Å². The third-order valence-corrected chi connectivity index (χ3v) is 4.98. The van der Waals surface area contributed by atoms with Crippen molar-refractivity contribution < 1.29 is 14.3 Å². The number of benzene rings is 2. The quantitative estimate of drug-likeness (QED) is 0.800. The summed E-state index contributed by atoms with van der Waals surface area (Å²) in [5.74, 6) is 1.50. The van der Waals surface area contributed by atoms with Gasteiger partial charge in [-0.3, -0.25) is 4.79 Å². The van der Waals surface area contributed by atoms with Gasteiger partial charge in [-0.25, -0.2) is 0 Å². The van der Waals surface area contributed by atoms with Crippen LogP contribution in [-0.4, -0.2) is 45.2 Å². The van der Waals surface area contributed by atoms with Crippen molar-refractivity contribution in [3.05, 3.63) is 53.1 Å². The highest BCUT2D eigenvalue weighted by atomic mass is 16.5. The molecule has 0 aromatic heterocycles. The number of para-hydroxylation sites is 1. The number of amides is 1. The maximum atomic E-state index is 12.7. The number of anilines is 1. The van der Waals surface area contributed by atoms with Crippen LogP contribution in [0.1, 0.15) is 16.7 Å². The van der Waals surface area contributed by atoms with Crippen molar-refractivity contribution in [3.8, 4) is 11.5 Å². The van der Waals surface area contributed by atoms with Crippen molar-refractivity contribution in [2.75, 3.05) is 39.3 Å². The van der Waals surface area contributed by atoms with E-state index in [1.165, 1.54) is 11.3 Å². The minimum atomic E-state index is 0.107. The molecule has 1 amide bonds. The molecule has 0 atom stereocenters. The van der Waals surface area contributed by atoms with Crippen molar-refractivity contribution in [2.45, 2.75) is 19.9 Å². The van der Waals surface area contributed by atoms with Gasteiger partial charge in [-0.2, -0.15) is 0 Å².